The molecule has 1 saturated heterocycles. The lowest BCUT2D eigenvalue weighted by Crippen LogP contribution is -2.37. The molecule has 4 nitrogen and oxygen atoms in total. The molecule has 0 unspecified atom stereocenters. The second kappa shape index (κ2) is 4.23. The second-order valence-electron chi connectivity index (χ2n) is 3.03. The summed E-state index contributed by atoms with van der Waals surface area (Å²) in [5.41, 5.74) is 1.14. The Morgan fingerprint density at radius 1 is 1.75 bits per heavy atom. The van der Waals surface area contributed by atoms with Crippen LogP contribution in [0.3, 0.4) is 0 Å². The van der Waals surface area contributed by atoms with Crippen LogP contribution in [0, 0.1) is 0 Å². The molecule has 12 heavy (non-hydrogen) atoms. The van der Waals surface area contributed by atoms with Gasteiger partial charge in [-0.2, -0.15) is 0 Å². The van der Waals surface area contributed by atoms with Crippen LogP contribution in [0.1, 0.15) is 19.3 Å². The largest absolute Gasteiger partial charge is 0.481 e. The van der Waals surface area contributed by atoms with Gasteiger partial charge in [-0.3, -0.25) is 10.6 Å². The fraction of sp³-hybridized carbons (Fsp3) is 0.625. The molecular formula is C8H14N2O2. The normalized spacial score (nSPS) is 22.9. The Morgan fingerprint density at radius 2 is 2.50 bits per heavy atom. The molecule has 0 atom stereocenters. The molecule has 1 aliphatic rings. The molecule has 0 aromatic heterocycles. The van der Waals surface area contributed by atoms with E-state index >= 15 is 0 Å². The highest BCUT2D eigenvalue weighted by molar-refractivity contribution is 5.68. The first kappa shape index (κ1) is 9.22. The van der Waals surface area contributed by atoms with Crippen molar-refractivity contribution >= 4 is 5.97 Å². The van der Waals surface area contributed by atoms with Gasteiger partial charge in [0.05, 0.1) is 6.42 Å². The standard InChI is InChI=1S/C8H14N2O2/c9-10-5-1-2-7(6-10)3-4-8(11)12/h3H,1-2,4-6,9H2,(H,11,12)/b7-3-. The van der Waals surface area contributed by atoms with E-state index in [2.05, 4.69) is 0 Å². The summed E-state index contributed by atoms with van der Waals surface area (Å²) in [6, 6.07) is 0. The quantitative estimate of drug-likeness (QED) is 0.464. The van der Waals surface area contributed by atoms with Crippen LogP contribution in [-0.2, 0) is 4.79 Å². The summed E-state index contributed by atoms with van der Waals surface area (Å²) >= 11 is 0. The lowest BCUT2D eigenvalue weighted by Gasteiger charge is -2.23. The molecule has 0 saturated carbocycles. The van der Waals surface area contributed by atoms with E-state index in [0.717, 1.165) is 25.0 Å². The van der Waals surface area contributed by atoms with Crippen molar-refractivity contribution in [2.24, 2.45) is 5.84 Å². The molecule has 0 aliphatic carbocycles. The number of carboxylic acids is 1. The van der Waals surface area contributed by atoms with Gasteiger partial charge in [-0.05, 0) is 12.8 Å². The molecule has 0 bridgehead atoms. The molecule has 3 N–H and O–H groups in total. The van der Waals surface area contributed by atoms with Crippen molar-refractivity contribution < 1.29 is 9.90 Å². The van der Waals surface area contributed by atoms with Gasteiger partial charge < -0.3 is 5.11 Å². The minimum absolute atomic E-state index is 0.114. The van der Waals surface area contributed by atoms with Crippen LogP contribution in [-0.4, -0.2) is 29.2 Å². The average molecular weight is 170 g/mol. The first-order valence-corrected chi connectivity index (χ1v) is 4.08. The van der Waals surface area contributed by atoms with E-state index in [0.29, 0.717) is 6.54 Å². The summed E-state index contributed by atoms with van der Waals surface area (Å²) in [5.74, 6) is 4.80. The van der Waals surface area contributed by atoms with E-state index in [1.165, 1.54) is 0 Å². The summed E-state index contributed by atoms with van der Waals surface area (Å²) in [6.07, 6.45) is 3.90. The number of piperidine rings is 1. The first-order valence-electron chi connectivity index (χ1n) is 4.08. The number of nitrogens with two attached hydrogens (primary N) is 1. The Labute approximate surface area is 71.6 Å². The highest BCUT2D eigenvalue weighted by Gasteiger charge is 2.10. The zero-order valence-corrected chi connectivity index (χ0v) is 6.99. The number of hydrogen-bond donors (Lipinski definition) is 2. The van der Waals surface area contributed by atoms with Crippen molar-refractivity contribution in [2.75, 3.05) is 13.1 Å². The lowest BCUT2D eigenvalue weighted by molar-refractivity contribution is -0.136. The number of hydrazine groups is 1. The van der Waals surface area contributed by atoms with Crippen LogP contribution in [0.25, 0.3) is 0 Å². The molecule has 0 aromatic carbocycles. The van der Waals surface area contributed by atoms with Gasteiger partial charge in [0.25, 0.3) is 0 Å². The average Bonchev–Trinajstić information content (AvgIpc) is 2.01. The van der Waals surface area contributed by atoms with E-state index in [1.807, 2.05) is 0 Å². The first-order chi connectivity index (χ1) is 5.68. The number of rotatable bonds is 2. The predicted molar refractivity (Wildman–Crippen MR) is 45.3 cm³/mol. The van der Waals surface area contributed by atoms with Crippen molar-refractivity contribution in [3.63, 3.8) is 0 Å². The highest BCUT2D eigenvalue weighted by Crippen LogP contribution is 2.12. The SMILES string of the molecule is NN1CCC/C(=C/CC(=O)O)C1. The Balaban J connectivity index is 2.39. The molecule has 1 fully saturated rings. The number of carbonyl (C=O) groups is 1. The van der Waals surface area contributed by atoms with E-state index in [4.69, 9.17) is 10.9 Å². The van der Waals surface area contributed by atoms with Crippen molar-refractivity contribution in [3.05, 3.63) is 11.6 Å². The third-order valence-electron chi connectivity index (χ3n) is 1.91. The van der Waals surface area contributed by atoms with Gasteiger partial charge in [-0.25, -0.2) is 5.01 Å². The number of nitrogens with zero attached hydrogens (tertiary/aromatic N) is 1. The smallest absolute Gasteiger partial charge is 0.307 e. The van der Waals surface area contributed by atoms with Crippen LogP contribution < -0.4 is 5.84 Å². The third-order valence-corrected chi connectivity index (χ3v) is 1.91. The zero-order valence-electron chi connectivity index (χ0n) is 6.99. The molecule has 0 amide bonds. The fourth-order valence-corrected chi connectivity index (χ4v) is 1.33. The molecule has 68 valence electrons. The van der Waals surface area contributed by atoms with Gasteiger partial charge in [0.1, 0.15) is 0 Å². The Bertz CT molecular complexity index is 201. The second-order valence-corrected chi connectivity index (χ2v) is 3.03. The molecule has 1 heterocycles. The molecule has 4 heteroatoms. The fourth-order valence-electron chi connectivity index (χ4n) is 1.33. The molecule has 0 spiro atoms. The number of carboxylic acid groups (broad SMARTS) is 1. The van der Waals surface area contributed by atoms with Crippen LogP contribution in [0.5, 0.6) is 0 Å². The summed E-state index contributed by atoms with van der Waals surface area (Å²) in [7, 11) is 0. The van der Waals surface area contributed by atoms with Crippen molar-refractivity contribution in [1.29, 1.82) is 0 Å². The van der Waals surface area contributed by atoms with Gasteiger partial charge in [0.2, 0.25) is 0 Å². The summed E-state index contributed by atoms with van der Waals surface area (Å²) in [5, 5.41) is 10.1. The van der Waals surface area contributed by atoms with Gasteiger partial charge in [0.15, 0.2) is 0 Å². The minimum Gasteiger partial charge on any atom is -0.481 e. The van der Waals surface area contributed by atoms with Gasteiger partial charge in [-0.15, -0.1) is 0 Å². The van der Waals surface area contributed by atoms with E-state index in [9.17, 15) is 4.79 Å². The molecule has 0 radical (unpaired) electrons. The maximum Gasteiger partial charge on any atom is 0.307 e. The monoisotopic (exact) mass is 170 g/mol. The van der Waals surface area contributed by atoms with Crippen LogP contribution in [0.2, 0.25) is 0 Å². The predicted octanol–water partition coefficient (Wildman–Crippen LogP) is 0.357. The zero-order chi connectivity index (χ0) is 8.97. The van der Waals surface area contributed by atoms with Crippen molar-refractivity contribution in [3.8, 4) is 0 Å². The number of hydrogen-bond acceptors (Lipinski definition) is 3. The Morgan fingerprint density at radius 3 is 3.08 bits per heavy atom. The van der Waals surface area contributed by atoms with Gasteiger partial charge in [0, 0.05) is 13.1 Å². The summed E-state index contributed by atoms with van der Waals surface area (Å²) in [6.45, 7) is 1.62. The maximum atomic E-state index is 10.2. The Kier molecular flexibility index (Phi) is 3.25. The maximum absolute atomic E-state index is 10.2. The van der Waals surface area contributed by atoms with E-state index in [-0.39, 0.29) is 6.42 Å². The van der Waals surface area contributed by atoms with Crippen LogP contribution >= 0.6 is 0 Å². The minimum atomic E-state index is -0.781. The van der Waals surface area contributed by atoms with Crippen molar-refractivity contribution in [1.82, 2.24) is 5.01 Å². The lowest BCUT2D eigenvalue weighted by atomic mass is 10.1. The van der Waals surface area contributed by atoms with E-state index in [1.54, 1.807) is 11.1 Å². The third kappa shape index (κ3) is 3.02. The molecule has 1 rings (SSSR count). The topological polar surface area (TPSA) is 66.6 Å². The highest BCUT2D eigenvalue weighted by atomic mass is 16.4. The van der Waals surface area contributed by atoms with Crippen molar-refractivity contribution in [2.45, 2.75) is 19.3 Å². The van der Waals surface area contributed by atoms with Gasteiger partial charge in [-0.1, -0.05) is 11.6 Å². The Hall–Kier alpha value is -0.870. The van der Waals surface area contributed by atoms with E-state index < -0.39 is 5.97 Å². The molecule has 0 aromatic rings. The molecule has 1 aliphatic heterocycles. The van der Waals surface area contributed by atoms with Crippen LogP contribution in [0.4, 0.5) is 0 Å². The van der Waals surface area contributed by atoms with Crippen LogP contribution in [0.15, 0.2) is 11.6 Å². The summed E-state index contributed by atoms with van der Waals surface area (Å²) in [4.78, 5) is 10.2. The van der Waals surface area contributed by atoms with Gasteiger partial charge >= 0.3 is 5.97 Å². The number of aliphatic carboxylic acids is 1. The summed E-state index contributed by atoms with van der Waals surface area (Å²) < 4.78 is 0. The molecular weight excluding hydrogens is 156 g/mol.